The number of ether oxygens (including phenoxy) is 2. The molecule has 0 spiro atoms. The number of nitrogens with zero attached hydrogens (tertiary/aromatic N) is 1. The number of benzene rings is 3. The number of hydrogen-bond donors (Lipinski definition) is 0. The van der Waals surface area contributed by atoms with Gasteiger partial charge >= 0.3 is 12.1 Å². The molecule has 0 heterocycles. The summed E-state index contributed by atoms with van der Waals surface area (Å²) in [5, 5.41) is 0. The van der Waals surface area contributed by atoms with Crippen molar-refractivity contribution in [3.63, 3.8) is 0 Å². The first-order valence-electron chi connectivity index (χ1n) is 12.3. The number of amides is 1. The molecular weight excluding hydrogens is 450 g/mol. The van der Waals surface area contributed by atoms with E-state index in [2.05, 4.69) is 32.0 Å². The average molecular weight is 488 g/mol. The molecule has 0 aliphatic carbocycles. The van der Waals surface area contributed by atoms with Gasteiger partial charge in [-0.2, -0.15) is 0 Å². The molecule has 36 heavy (non-hydrogen) atoms. The third-order valence-corrected chi connectivity index (χ3v) is 5.53. The molecule has 0 saturated carbocycles. The maximum atomic E-state index is 13.0. The third-order valence-electron chi connectivity index (χ3n) is 5.53. The highest BCUT2D eigenvalue weighted by Crippen LogP contribution is 2.19. The molecule has 0 aliphatic rings. The largest absolute Gasteiger partial charge is 0.457 e. The van der Waals surface area contributed by atoms with Gasteiger partial charge in [0.2, 0.25) is 0 Å². The Morgan fingerprint density at radius 3 is 1.69 bits per heavy atom. The summed E-state index contributed by atoms with van der Waals surface area (Å²) in [5.74, 6) is -0.338. The molecule has 0 aromatic heterocycles. The van der Waals surface area contributed by atoms with E-state index in [-0.39, 0.29) is 18.7 Å². The highest BCUT2D eigenvalue weighted by atomic mass is 16.6. The fourth-order valence-corrected chi connectivity index (χ4v) is 4.18. The van der Waals surface area contributed by atoms with E-state index >= 15 is 0 Å². The highest BCUT2D eigenvalue weighted by Gasteiger charge is 2.23. The lowest BCUT2D eigenvalue weighted by molar-refractivity contribution is 0.0216. The molecule has 0 N–H and O–H groups in total. The van der Waals surface area contributed by atoms with Crippen molar-refractivity contribution in [2.45, 2.75) is 73.8 Å². The lowest BCUT2D eigenvalue weighted by Crippen LogP contribution is -2.36. The minimum absolute atomic E-state index is 0.185. The van der Waals surface area contributed by atoms with Gasteiger partial charge in [0, 0.05) is 13.1 Å². The van der Waals surface area contributed by atoms with Gasteiger partial charge in [-0.3, -0.25) is 4.90 Å². The van der Waals surface area contributed by atoms with E-state index in [0.29, 0.717) is 18.7 Å². The van der Waals surface area contributed by atoms with E-state index in [4.69, 9.17) is 9.47 Å². The molecule has 5 nitrogen and oxygen atoms in total. The van der Waals surface area contributed by atoms with E-state index in [9.17, 15) is 9.59 Å². The SMILES string of the molecule is Cc1cc(C)cc(CN(Cc2ccc(COC(=O)c3cc(C)cc(C)c3)cc2)C(=O)OC(C)(C)C)c1. The lowest BCUT2D eigenvalue weighted by Gasteiger charge is -2.28. The topological polar surface area (TPSA) is 55.8 Å². The molecule has 3 aromatic rings. The molecule has 0 fully saturated rings. The molecule has 190 valence electrons. The highest BCUT2D eigenvalue weighted by molar-refractivity contribution is 5.89. The van der Waals surface area contributed by atoms with Gasteiger partial charge in [0.25, 0.3) is 0 Å². The van der Waals surface area contributed by atoms with Crippen molar-refractivity contribution in [1.29, 1.82) is 0 Å². The van der Waals surface area contributed by atoms with Crippen LogP contribution in [0.25, 0.3) is 0 Å². The summed E-state index contributed by atoms with van der Waals surface area (Å²) in [6.07, 6.45) is -0.354. The van der Waals surface area contributed by atoms with Gasteiger partial charge in [-0.15, -0.1) is 0 Å². The number of aryl methyl sites for hydroxylation is 4. The molecule has 0 bridgehead atoms. The molecular formula is C31H37NO4. The maximum Gasteiger partial charge on any atom is 0.410 e. The molecule has 5 heteroatoms. The quantitative estimate of drug-likeness (QED) is 0.330. The van der Waals surface area contributed by atoms with Crippen molar-refractivity contribution in [3.8, 4) is 0 Å². The number of carbonyl (C=O) groups is 2. The summed E-state index contributed by atoms with van der Waals surface area (Å²) >= 11 is 0. The van der Waals surface area contributed by atoms with Crippen LogP contribution in [0.15, 0.2) is 60.7 Å². The standard InChI is InChI=1S/C31H37NO4/c1-21-12-22(2)15-27(14-21)19-32(30(34)36-31(5,6)7)18-25-8-10-26(11-9-25)20-35-29(33)28-16-23(3)13-24(4)17-28/h8-17H,18-20H2,1-7H3. The van der Waals surface area contributed by atoms with Crippen LogP contribution < -0.4 is 0 Å². The van der Waals surface area contributed by atoms with Gasteiger partial charge in [0.15, 0.2) is 0 Å². The molecule has 0 unspecified atom stereocenters. The van der Waals surface area contributed by atoms with Crippen molar-refractivity contribution in [2.75, 3.05) is 0 Å². The second-order valence-corrected chi connectivity index (χ2v) is 10.6. The van der Waals surface area contributed by atoms with Crippen LogP contribution in [0.2, 0.25) is 0 Å². The first-order valence-corrected chi connectivity index (χ1v) is 12.3. The molecule has 0 radical (unpaired) electrons. The first kappa shape index (κ1) is 27.0. The number of hydrogen-bond acceptors (Lipinski definition) is 4. The van der Waals surface area contributed by atoms with Crippen LogP contribution in [0.1, 0.15) is 70.1 Å². The summed E-state index contributed by atoms with van der Waals surface area (Å²) in [7, 11) is 0. The minimum Gasteiger partial charge on any atom is -0.457 e. The zero-order valence-electron chi connectivity index (χ0n) is 22.5. The Morgan fingerprint density at radius 2 is 1.17 bits per heavy atom. The Kier molecular flexibility index (Phi) is 8.57. The Morgan fingerprint density at radius 1 is 0.694 bits per heavy atom. The zero-order valence-corrected chi connectivity index (χ0v) is 22.5. The molecule has 3 aromatic carbocycles. The minimum atomic E-state index is -0.582. The molecule has 1 amide bonds. The fourth-order valence-electron chi connectivity index (χ4n) is 4.18. The van der Waals surface area contributed by atoms with Crippen molar-refractivity contribution in [2.24, 2.45) is 0 Å². The van der Waals surface area contributed by atoms with Crippen LogP contribution in [0.3, 0.4) is 0 Å². The van der Waals surface area contributed by atoms with Gasteiger partial charge in [0.05, 0.1) is 5.56 Å². The second kappa shape index (κ2) is 11.4. The van der Waals surface area contributed by atoms with Crippen molar-refractivity contribution >= 4 is 12.1 Å². The summed E-state index contributed by atoms with van der Waals surface area (Å²) < 4.78 is 11.2. The van der Waals surface area contributed by atoms with Crippen LogP contribution in [0.5, 0.6) is 0 Å². The van der Waals surface area contributed by atoms with Crippen LogP contribution in [0, 0.1) is 27.7 Å². The smallest absolute Gasteiger partial charge is 0.410 e. The maximum absolute atomic E-state index is 13.0. The predicted octanol–water partition coefficient (Wildman–Crippen LogP) is 7.21. The van der Waals surface area contributed by atoms with Gasteiger partial charge in [-0.25, -0.2) is 9.59 Å². The zero-order chi connectivity index (χ0) is 26.5. The lowest BCUT2D eigenvalue weighted by atomic mass is 10.1. The normalized spacial score (nSPS) is 11.2. The molecule has 0 atom stereocenters. The number of carbonyl (C=O) groups excluding carboxylic acids is 2. The van der Waals surface area contributed by atoms with Gasteiger partial charge in [-0.1, -0.05) is 70.8 Å². The summed E-state index contributed by atoms with van der Waals surface area (Å²) in [6, 6.07) is 19.8. The predicted molar refractivity (Wildman–Crippen MR) is 143 cm³/mol. The van der Waals surface area contributed by atoms with Crippen LogP contribution >= 0.6 is 0 Å². The van der Waals surface area contributed by atoms with Gasteiger partial charge in [0.1, 0.15) is 12.2 Å². The average Bonchev–Trinajstić information content (AvgIpc) is 2.75. The van der Waals surface area contributed by atoms with Gasteiger partial charge < -0.3 is 9.47 Å². The fraction of sp³-hybridized carbons (Fsp3) is 0.355. The number of esters is 1. The van der Waals surface area contributed by atoms with Crippen molar-refractivity contribution < 1.29 is 19.1 Å². The second-order valence-electron chi connectivity index (χ2n) is 10.6. The Labute approximate surface area is 215 Å². The summed E-state index contributed by atoms with van der Waals surface area (Å²) in [6.45, 7) is 14.7. The van der Waals surface area contributed by atoms with Gasteiger partial charge in [-0.05, 0) is 77.3 Å². The van der Waals surface area contributed by atoms with Crippen LogP contribution in [-0.4, -0.2) is 22.6 Å². The van der Waals surface area contributed by atoms with E-state index in [1.54, 1.807) is 4.90 Å². The van der Waals surface area contributed by atoms with E-state index in [1.807, 2.05) is 77.1 Å². The van der Waals surface area contributed by atoms with Crippen LogP contribution in [0.4, 0.5) is 4.79 Å². The van der Waals surface area contributed by atoms with E-state index in [1.165, 1.54) is 0 Å². The van der Waals surface area contributed by atoms with Crippen LogP contribution in [-0.2, 0) is 29.2 Å². The Balaban J connectivity index is 1.69. The Bertz CT molecular complexity index is 1180. The summed E-state index contributed by atoms with van der Waals surface area (Å²) in [5.41, 5.74) is 7.27. The Hall–Kier alpha value is -3.60. The molecule has 3 rings (SSSR count). The van der Waals surface area contributed by atoms with Crippen molar-refractivity contribution in [1.82, 2.24) is 4.90 Å². The monoisotopic (exact) mass is 487 g/mol. The molecule has 0 aliphatic heterocycles. The molecule has 0 saturated heterocycles. The first-order chi connectivity index (χ1) is 16.9. The van der Waals surface area contributed by atoms with Crippen molar-refractivity contribution in [3.05, 3.63) is 105 Å². The third kappa shape index (κ3) is 8.26. The van der Waals surface area contributed by atoms with E-state index < -0.39 is 5.60 Å². The number of rotatable bonds is 7. The van der Waals surface area contributed by atoms with E-state index in [0.717, 1.165) is 38.9 Å². The summed E-state index contributed by atoms with van der Waals surface area (Å²) in [4.78, 5) is 27.2.